The van der Waals surface area contributed by atoms with Crippen molar-refractivity contribution in [2.45, 2.75) is 31.6 Å². The van der Waals surface area contributed by atoms with Crippen LogP contribution in [0.3, 0.4) is 0 Å². The van der Waals surface area contributed by atoms with Gasteiger partial charge < -0.3 is 14.9 Å². The van der Waals surface area contributed by atoms with Gasteiger partial charge >= 0.3 is 5.97 Å². The average molecular weight is 325 g/mol. The number of aromatic nitrogens is 2. The van der Waals surface area contributed by atoms with Gasteiger partial charge in [-0.25, -0.2) is 9.37 Å². The van der Waals surface area contributed by atoms with Crippen LogP contribution in [-0.2, 0) is 4.79 Å². The summed E-state index contributed by atoms with van der Waals surface area (Å²) in [4.78, 5) is 25.2. The van der Waals surface area contributed by atoms with Crippen LogP contribution in [0.15, 0.2) is 12.3 Å². The molecule has 1 fully saturated rings. The molecule has 1 aliphatic heterocycles. The number of aliphatic carboxylic acids is 1. The number of carboxylic acids is 1. The first-order valence-corrected chi connectivity index (χ1v) is 7.63. The molecular formula is C15H24FN5O2. The molecule has 2 heterocycles. The van der Waals surface area contributed by atoms with Crippen molar-refractivity contribution in [1.29, 1.82) is 0 Å². The highest BCUT2D eigenvalue weighted by Gasteiger charge is 2.35. The summed E-state index contributed by atoms with van der Waals surface area (Å²) in [6.45, 7) is 2.36. The number of hydrogen-bond donors (Lipinski definition) is 1. The van der Waals surface area contributed by atoms with Crippen molar-refractivity contribution in [3.63, 3.8) is 0 Å². The fraction of sp³-hybridized carbons (Fsp3) is 0.667. The number of hydrogen-bond acceptors (Lipinski definition) is 6. The number of halogens is 1. The van der Waals surface area contributed by atoms with Crippen molar-refractivity contribution in [1.82, 2.24) is 14.9 Å². The van der Waals surface area contributed by atoms with Crippen molar-refractivity contribution in [2.24, 2.45) is 0 Å². The fourth-order valence-electron chi connectivity index (χ4n) is 2.71. The van der Waals surface area contributed by atoms with E-state index >= 15 is 0 Å². The van der Waals surface area contributed by atoms with Crippen LogP contribution in [0.4, 0.5) is 16.2 Å². The fourth-order valence-corrected chi connectivity index (χ4v) is 2.71. The first-order valence-electron chi connectivity index (χ1n) is 7.63. The molecule has 23 heavy (non-hydrogen) atoms. The summed E-state index contributed by atoms with van der Waals surface area (Å²) in [7, 11) is 5.44. The highest BCUT2D eigenvalue weighted by Crippen LogP contribution is 2.27. The van der Waals surface area contributed by atoms with Gasteiger partial charge in [0.05, 0.1) is 6.54 Å². The SMILES string of the molecule is CC(C(=O)O)N(C)C[C@@H]1C[C@H](F)CN1c1ccnc(N(C)C)n1. The Balaban J connectivity index is 2.16. The standard InChI is InChI=1S/C15H24FN5O2/c1-10(14(22)23)20(4)9-12-7-11(16)8-21(12)13-5-6-17-15(18-13)19(2)3/h5-6,10-12H,7-9H2,1-4H3,(H,22,23)/t10?,11-,12-/m0/s1. The van der Waals surface area contributed by atoms with Gasteiger partial charge in [0.25, 0.3) is 0 Å². The van der Waals surface area contributed by atoms with Gasteiger partial charge in [0.15, 0.2) is 0 Å². The number of alkyl halides is 1. The monoisotopic (exact) mass is 325 g/mol. The summed E-state index contributed by atoms with van der Waals surface area (Å²) in [5.41, 5.74) is 0. The molecule has 3 atom stereocenters. The second-order valence-electron chi connectivity index (χ2n) is 6.20. The number of carbonyl (C=O) groups is 1. The second-order valence-corrected chi connectivity index (χ2v) is 6.20. The zero-order chi connectivity index (χ0) is 17.1. The van der Waals surface area contributed by atoms with Gasteiger partial charge in [0.2, 0.25) is 5.95 Å². The third-order valence-electron chi connectivity index (χ3n) is 4.20. The Bertz CT molecular complexity index is 556. The van der Waals surface area contributed by atoms with Crippen LogP contribution in [0.1, 0.15) is 13.3 Å². The van der Waals surface area contributed by atoms with E-state index in [1.165, 1.54) is 0 Å². The number of anilines is 2. The van der Waals surface area contributed by atoms with E-state index in [9.17, 15) is 9.18 Å². The van der Waals surface area contributed by atoms with Crippen LogP contribution in [-0.4, -0.2) is 78.4 Å². The van der Waals surface area contributed by atoms with E-state index in [4.69, 9.17) is 5.11 Å². The van der Waals surface area contributed by atoms with Crippen LogP contribution in [0.25, 0.3) is 0 Å². The van der Waals surface area contributed by atoms with Gasteiger partial charge in [0.1, 0.15) is 18.0 Å². The van der Waals surface area contributed by atoms with E-state index in [1.54, 1.807) is 36.0 Å². The molecule has 1 saturated heterocycles. The minimum absolute atomic E-state index is 0.110. The molecule has 0 aliphatic carbocycles. The van der Waals surface area contributed by atoms with E-state index in [0.717, 1.165) is 0 Å². The van der Waals surface area contributed by atoms with E-state index in [2.05, 4.69) is 9.97 Å². The van der Waals surface area contributed by atoms with Crippen molar-refractivity contribution in [3.05, 3.63) is 12.3 Å². The molecule has 1 N–H and O–H groups in total. The third kappa shape index (κ3) is 4.07. The Morgan fingerprint density at radius 3 is 2.83 bits per heavy atom. The summed E-state index contributed by atoms with van der Waals surface area (Å²) in [6, 6.07) is 1.04. The normalized spacial score (nSPS) is 22.4. The molecule has 2 rings (SSSR count). The molecule has 0 aromatic carbocycles. The quantitative estimate of drug-likeness (QED) is 0.832. The molecule has 1 aromatic heterocycles. The Morgan fingerprint density at radius 1 is 1.52 bits per heavy atom. The van der Waals surface area contributed by atoms with E-state index in [1.807, 2.05) is 19.0 Å². The van der Waals surface area contributed by atoms with Crippen LogP contribution in [0.5, 0.6) is 0 Å². The van der Waals surface area contributed by atoms with Gasteiger partial charge in [-0.15, -0.1) is 0 Å². The predicted octanol–water partition coefficient (Wildman–Crippen LogP) is 0.864. The first-order chi connectivity index (χ1) is 10.8. The van der Waals surface area contributed by atoms with Crippen LogP contribution >= 0.6 is 0 Å². The maximum atomic E-state index is 13.9. The lowest BCUT2D eigenvalue weighted by Crippen LogP contribution is -2.45. The average Bonchev–Trinajstić information content (AvgIpc) is 2.86. The highest BCUT2D eigenvalue weighted by molar-refractivity contribution is 5.72. The summed E-state index contributed by atoms with van der Waals surface area (Å²) in [6.07, 6.45) is 1.09. The molecule has 0 bridgehead atoms. The molecule has 128 valence electrons. The predicted molar refractivity (Wildman–Crippen MR) is 86.7 cm³/mol. The zero-order valence-electron chi connectivity index (χ0n) is 14.0. The Morgan fingerprint density at radius 2 is 2.22 bits per heavy atom. The number of likely N-dealkylation sites (N-methyl/N-ethyl adjacent to an activating group) is 1. The Labute approximate surface area is 135 Å². The zero-order valence-corrected chi connectivity index (χ0v) is 14.0. The minimum atomic E-state index is -0.939. The van der Waals surface area contributed by atoms with Crippen molar-refractivity contribution in [3.8, 4) is 0 Å². The number of carboxylic acid groups (broad SMARTS) is 1. The summed E-state index contributed by atoms with van der Waals surface area (Å²) < 4.78 is 13.9. The molecule has 7 nitrogen and oxygen atoms in total. The van der Waals surface area contributed by atoms with Crippen molar-refractivity contribution >= 4 is 17.7 Å². The van der Waals surface area contributed by atoms with E-state index in [0.29, 0.717) is 24.7 Å². The Kier molecular flexibility index (Phi) is 5.35. The summed E-state index contributed by atoms with van der Waals surface area (Å²) in [5, 5.41) is 9.10. The number of rotatable bonds is 6. The van der Waals surface area contributed by atoms with E-state index < -0.39 is 18.2 Å². The molecule has 1 unspecified atom stereocenters. The molecular weight excluding hydrogens is 301 g/mol. The molecule has 1 aliphatic rings. The highest BCUT2D eigenvalue weighted by atomic mass is 19.1. The maximum Gasteiger partial charge on any atom is 0.320 e. The lowest BCUT2D eigenvalue weighted by Gasteiger charge is -2.31. The van der Waals surface area contributed by atoms with Crippen LogP contribution < -0.4 is 9.80 Å². The molecule has 1 aromatic rings. The summed E-state index contributed by atoms with van der Waals surface area (Å²) in [5.74, 6) is 0.354. The second kappa shape index (κ2) is 7.08. The van der Waals surface area contributed by atoms with Crippen molar-refractivity contribution in [2.75, 3.05) is 44.0 Å². The minimum Gasteiger partial charge on any atom is -0.480 e. The first kappa shape index (κ1) is 17.4. The molecule has 8 heteroatoms. The lowest BCUT2D eigenvalue weighted by atomic mass is 10.1. The Hall–Kier alpha value is -1.96. The van der Waals surface area contributed by atoms with Gasteiger partial charge in [0, 0.05) is 39.3 Å². The molecule has 0 saturated carbocycles. The third-order valence-corrected chi connectivity index (χ3v) is 4.20. The molecule has 0 amide bonds. The lowest BCUT2D eigenvalue weighted by molar-refractivity contribution is -0.142. The summed E-state index contributed by atoms with van der Waals surface area (Å²) >= 11 is 0. The smallest absolute Gasteiger partial charge is 0.320 e. The molecule has 0 spiro atoms. The number of nitrogens with zero attached hydrogens (tertiary/aromatic N) is 5. The van der Waals surface area contributed by atoms with Gasteiger partial charge in [-0.05, 0) is 20.0 Å². The van der Waals surface area contributed by atoms with E-state index in [-0.39, 0.29) is 12.6 Å². The van der Waals surface area contributed by atoms with Gasteiger partial charge in [-0.1, -0.05) is 0 Å². The molecule has 0 radical (unpaired) electrons. The topological polar surface area (TPSA) is 72.8 Å². The largest absolute Gasteiger partial charge is 0.480 e. The van der Waals surface area contributed by atoms with Crippen LogP contribution in [0, 0.1) is 0 Å². The van der Waals surface area contributed by atoms with Crippen LogP contribution in [0.2, 0.25) is 0 Å². The van der Waals surface area contributed by atoms with Gasteiger partial charge in [-0.2, -0.15) is 4.98 Å². The maximum absolute atomic E-state index is 13.9. The van der Waals surface area contributed by atoms with Crippen molar-refractivity contribution < 1.29 is 14.3 Å². The van der Waals surface area contributed by atoms with Gasteiger partial charge in [-0.3, -0.25) is 9.69 Å².